The normalized spacial score (nSPS) is 19.8. The fourth-order valence-corrected chi connectivity index (χ4v) is 5.86. The molecule has 55 heavy (non-hydrogen) atoms. The summed E-state index contributed by atoms with van der Waals surface area (Å²) in [4.78, 5) is 66.7. The van der Waals surface area contributed by atoms with Gasteiger partial charge in [0.2, 0.25) is 16.7 Å². The van der Waals surface area contributed by atoms with Gasteiger partial charge in [0.25, 0.3) is 0 Å². The molecule has 4 aromatic rings. The third kappa shape index (κ3) is 9.05. The summed E-state index contributed by atoms with van der Waals surface area (Å²) in [6, 6.07) is 6.78. The average Bonchev–Trinajstić information content (AvgIpc) is 3.82. The number of H-pyrrole nitrogens is 1. The Kier molecular flexibility index (Phi) is 11.9. The van der Waals surface area contributed by atoms with E-state index in [1.165, 1.54) is 17.8 Å². The molecular formula is C35H43ClFN9O9. The van der Waals surface area contributed by atoms with E-state index in [4.69, 9.17) is 35.3 Å². The number of hydrogen-bond acceptors (Lipinski definition) is 15. The molecule has 1 aliphatic heterocycles. The number of fused-ring (bicyclic) bond motifs is 1. The Bertz CT molecular complexity index is 2010. The molecule has 0 saturated carbocycles. The number of rotatable bonds is 11. The van der Waals surface area contributed by atoms with Gasteiger partial charge < -0.3 is 23.7 Å². The molecule has 0 radical (unpaired) electrons. The summed E-state index contributed by atoms with van der Waals surface area (Å²) in [5.74, 6) is -2.41. The number of imide groups is 1. The number of esters is 1. The number of benzene rings is 1. The molecule has 1 N–H and O–H groups in total. The van der Waals surface area contributed by atoms with Crippen LogP contribution < -0.4 is 4.90 Å². The molecule has 1 saturated heterocycles. The van der Waals surface area contributed by atoms with Crippen LogP contribution in [0.2, 0.25) is 5.28 Å². The highest BCUT2D eigenvalue weighted by atomic mass is 35.5. The molecule has 1 unspecified atom stereocenters. The van der Waals surface area contributed by atoms with E-state index < -0.39 is 77.1 Å². The van der Waals surface area contributed by atoms with Gasteiger partial charge in [0.1, 0.15) is 11.2 Å². The number of amides is 2. The predicted octanol–water partition coefficient (Wildman–Crippen LogP) is 5.36. The number of aromatic nitrogens is 8. The molecule has 20 heteroatoms. The van der Waals surface area contributed by atoms with Crippen LogP contribution in [0, 0.1) is 5.92 Å². The SMILES string of the molecule is CCOC(=O)C(Cc1ccc(-c2nn[nH]n2)cc1)(OC[C@H]1O[C@@H](n2cnc3c(N(C(=O)OC(C)(C)C)C(=O)OC(C)(C)C)nc(Cl)nc32)[C@@H](F)[C@@H]1C)C(C)=O. The van der Waals surface area contributed by atoms with Crippen LogP contribution in [-0.4, -0.2) is 106 Å². The van der Waals surface area contributed by atoms with Gasteiger partial charge in [-0.1, -0.05) is 31.2 Å². The van der Waals surface area contributed by atoms with Crippen molar-refractivity contribution in [1.82, 2.24) is 40.1 Å². The lowest BCUT2D eigenvalue weighted by Crippen LogP contribution is -2.52. The Morgan fingerprint density at radius 2 is 1.65 bits per heavy atom. The lowest BCUT2D eigenvalue weighted by molar-refractivity contribution is -0.182. The van der Waals surface area contributed by atoms with Crippen LogP contribution in [0.3, 0.4) is 0 Å². The first-order chi connectivity index (χ1) is 25.7. The molecule has 0 aliphatic carbocycles. The fourth-order valence-electron chi connectivity index (χ4n) is 5.70. The molecule has 5 atom stereocenters. The minimum absolute atomic E-state index is 0.0294. The largest absolute Gasteiger partial charge is 0.463 e. The zero-order chi connectivity index (χ0) is 40.5. The number of nitrogens with zero attached hydrogens (tertiary/aromatic N) is 8. The summed E-state index contributed by atoms with van der Waals surface area (Å²) in [5, 5.41) is 13.4. The number of ketones is 1. The van der Waals surface area contributed by atoms with Gasteiger partial charge in [0.15, 0.2) is 35.2 Å². The Labute approximate surface area is 320 Å². The third-order valence-electron chi connectivity index (χ3n) is 8.37. The first-order valence-corrected chi connectivity index (χ1v) is 17.7. The van der Waals surface area contributed by atoms with E-state index in [0.717, 1.165) is 0 Å². The quantitative estimate of drug-likeness (QED) is 0.0876. The second-order valence-electron chi connectivity index (χ2n) is 14.8. The monoisotopic (exact) mass is 787 g/mol. The van der Waals surface area contributed by atoms with Crippen molar-refractivity contribution in [1.29, 1.82) is 0 Å². The van der Waals surface area contributed by atoms with Crippen molar-refractivity contribution in [3.8, 4) is 11.4 Å². The van der Waals surface area contributed by atoms with E-state index in [0.29, 0.717) is 21.9 Å². The number of imidazole rings is 1. The number of carbonyl (C=O) groups excluding carboxylic acids is 4. The Hall–Kier alpha value is -5.14. The number of Topliss-reactive ketones (excluding diaryl/α,β-unsaturated/α-hetero) is 1. The van der Waals surface area contributed by atoms with Gasteiger partial charge in [-0.15, -0.1) is 10.2 Å². The third-order valence-corrected chi connectivity index (χ3v) is 8.54. The van der Waals surface area contributed by atoms with Crippen molar-refractivity contribution >= 4 is 52.5 Å². The van der Waals surface area contributed by atoms with Gasteiger partial charge in [-0.3, -0.25) is 9.36 Å². The van der Waals surface area contributed by atoms with Crippen LogP contribution >= 0.6 is 11.6 Å². The van der Waals surface area contributed by atoms with Crippen molar-refractivity contribution in [3.63, 3.8) is 0 Å². The second-order valence-corrected chi connectivity index (χ2v) is 15.2. The van der Waals surface area contributed by atoms with Crippen molar-refractivity contribution < 1.29 is 47.3 Å². The van der Waals surface area contributed by atoms with Crippen LogP contribution in [0.15, 0.2) is 30.6 Å². The smallest absolute Gasteiger partial charge is 0.425 e. The first kappa shape index (κ1) is 41.0. The molecule has 1 fully saturated rings. The van der Waals surface area contributed by atoms with Crippen LogP contribution in [0.1, 0.15) is 74.1 Å². The highest BCUT2D eigenvalue weighted by molar-refractivity contribution is 6.29. The number of alkyl halides is 1. The second kappa shape index (κ2) is 15.9. The summed E-state index contributed by atoms with van der Waals surface area (Å²) < 4.78 is 46.0. The number of tetrazole rings is 1. The van der Waals surface area contributed by atoms with Crippen LogP contribution in [0.4, 0.5) is 19.8 Å². The summed E-state index contributed by atoms with van der Waals surface area (Å²) in [7, 11) is 0. The maximum Gasteiger partial charge on any atom is 0.425 e. The van der Waals surface area contributed by atoms with E-state index >= 15 is 4.39 Å². The maximum atomic E-state index is 16.2. The molecule has 2 amide bonds. The van der Waals surface area contributed by atoms with E-state index in [2.05, 4.69) is 35.6 Å². The van der Waals surface area contributed by atoms with Gasteiger partial charge in [-0.2, -0.15) is 20.1 Å². The topological polar surface area (TPSA) is 216 Å². The van der Waals surface area contributed by atoms with Crippen LogP contribution in [0.5, 0.6) is 0 Å². The number of aromatic amines is 1. The lowest BCUT2D eigenvalue weighted by atomic mass is 9.89. The number of halogens is 2. The molecule has 5 rings (SSSR count). The summed E-state index contributed by atoms with van der Waals surface area (Å²) in [6.45, 7) is 13.6. The van der Waals surface area contributed by atoms with Crippen molar-refractivity contribution in [2.24, 2.45) is 5.92 Å². The van der Waals surface area contributed by atoms with Crippen molar-refractivity contribution in [2.45, 2.75) is 104 Å². The van der Waals surface area contributed by atoms with E-state index in [1.807, 2.05) is 0 Å². The molecule has 1 aromatic carbocycles. The molecule has 4 heterocycles. The molecule has 18 nitrogen and oxygen atoms in total. The van der Waals surface area contributed by atoms with Gasteiger partial charge in [-0.25, -0.2) is 23.8 Å². The molecule has 3 aromatic heterocycles. The number of carbonyl (C=O) groups is 4. The molecule has 0 bridgehead atoms. The predicted molar refractivity (Wildman–Crippen MR) is 193 cm³/mol. The van der Waals surface area contributed by atoms with Crippen LogP contribution in [0.25, 0.3) is 22.6 Å². The molecule has 0 spiro atoms. The summed E-state index contributed by atoms with van der Waals surface area (Å²) in [6.07, 6.45) is -5.34. The molecular weight excluding hydrogens is 745 g/mol. The van der Waals surface area contributed by atoms with Crippen LogP contribution in [-0.2, 0) is 39.7 Å². The Morgan fingerprint density at radius 3 is 2.20 bits per heavy atom. The Morgan fingerprint density at radius 1 is 1.02 bits per heavy atom. The minimum atomic E-state index is -2.10. The van der Waals surface area contributed by atoms with Crippen molar-refractivity contribution in [2.75, 3.05) is 18.1 Å². The molecule has 1 aliphatic rings. The highest BCUT2D eigenvalue weighted by Crippen LogP contribution is 2.40. The van der Waals surface area contributed by atoms with Gasteiger partial charge in [-0.05, 0) is 77.8 Å². The number of ether oxygens (including phenoxy) is 5. The van der Waals surface area contributed by atoms with Gasteiger partial charge in [0.05, 0.1) is 25.6 Å². The molecule has 296 valence electrons. The zero-order valence-corrected chi connectivity index (χ0v) is 32.6. The first-order valence-electron chi connectivity index (χ1n) is 17.3. The van der Waals surface area contributed by atoms with Crippen molar-refractivity contribution in [3.05, 3.63) is 41.4 Å². The lowest BCUT2D eigenvalue weighted by Gasteiger charge is -2.31. The number of nitrogens with one attached hydrogen (secondary N) is 1. The zero-order valence-electron chi connectivity index (χ0n) is 31.8. The standard InChI is InChI=1S/C35H43ClFN9O9/c1-10-51-29(48)35(19(3)47,15-20-11-13-21(14-12-20)25-41-43-44-42-25)52-16-22-18(2)23(37)28(53-22)45-17-38-24-26(45)39-30(36)40-27(24)46(31(49)54-33(4,5)6)32(50)55-34(7,8)9/h11-14,17-18,22-23,28H,10,15-16H2,1-9H3,(H,41,42,43,44)/t18-,22-,23+,28-,35?/m1/s1. The van der Waals surface area contributed by atoms with E-state index in [1.54, 1.807) is 79.7 Å². The number of hydrogen-bond donors (Lipinski definition) is 1. The average molecular weight is 788 g/mol. The maximum absolute atomic E-state index is 16.2. The van der Waals surface area contributed by atoms with Gasteiger partial charge >= 0.3 is 18.2 Å². The van der Waals surface area contributed by atoms with E-state index in [-0.39, 0.29) is 30.0 Å². The summed E-state index contributed by atoms with van der Waals surface area (Å²) >= 11 is 6.32. The Balaban J connectivity index is 1.44. The fraction of sp³-hybridized carbons (Fsp3) is 0.543. The highest BCUT2D eigenvalue weighted by Gasteiger charge is 2.50. The van der Waals surface area contributed by atoms with E-state index in [9.17, 15) is 19.2 Å². The van der Waals surface area contributed by atoms with Gasteiger partial charge in [0, 0.05) is 17.9 Å². The number of anilines is 1. The summed E-state index contributed by atoms with van der Waals surface area (Å²) in [5.41, 5.74) is -3.14. The minimum Gasteiger partial charge on any atom is -0.463 e.